The minimum absolute atomic E-state index is 0.115. The van der Waals surface area contributed by atoms with Gasteiger partial charge in [-0.2, -0.15) is 5.10 Å². The van der Waals surface area contributed by atoms with Crippen molar-refractivity contribution in [1.82, 2.24) is 14.8 Å². The first kappa shape index (κ1) is 17.0. The summed E-state index contributed by atoms with van der Waals surface area (Å²) in [4.78, 5) is 16.9. The molecule has 0 aliphatic rings. The van der Waals surface area contributed by atoms with E-state index in [-0.39, 0.29) is 12.5 Å². The molecule has 2 heterocycles. The van der Waals surface area contributed by atoms with Gasteiger partial charge in [0, 0.05) is 17.3 Å². The molecular formula is C22H20N4O. The summed E-state index contributed by atoms with van der Waals surface area (Å²) >= 11 is 0. The molecule has 4 aromatic rings. The zero-order chi connectivity index (χ0) is 18.8. The molecule has 0 saturated carbocycles. The quantitative estimate of drug-likeness (QED) is 0.591. The van der Waals surface area contributed by atoms with Crippen molar-refractivity contribution in [1.29, 1.82) is 0 Å². The van der Waals surface area contributed by atoms with Crippen molar-refractivity contribution >= 4 is 22.6 Å². The van der Waals surface area contributed by atoms with Gasteiger partial charge in [-0.3, -0.25) is 4.79 Å². The van der Waals surface area contributed by atoms with E-state index in [2.05, 4.69) is 40.5 Å². The van der Waals surface area contributed by atoms with Crippen LogP contribution >= 0.6 is 0 Å². The number of pyridine rings is 1. The van der Waals surface area contributed by atoms with Crippen LogP contribution < -0.4 is 5.32 Å². The standard InChI is InChI=1S/C22H20N4O/c1-15-7-6-8-17(13-15)19-11-12-23-22-21(19)16(2)25-26(22)14-20(27)24-18-9-4-3-5-10-18/h3-13H,14H2,1-2H3,(H,24,27). The Labute approximate surface area is 157 Å². The van der Waals surface area contributed by atoms with E-state index in [1.54, 1.807) is 10.9 Å². The van der Waals surface area contributed by atoms with Gasteiger partial charge in [0.05, 0.1) is 5.69 Å². The summed E-state index contributed by atoms with van der Waals surface area (Å²) in [5.74, 6) is -0.131. The lowest BCUT2D eigenvalue weighted by Crippen LogP contribution is -2.19. The van der Waals surface area contributed by atoms with Crippen LogP contribution in [0.5, 0.6) is 0 Å². The average Bonchev–Trinajstić information content (AvgIpc) is 2.98. The second-order valence-corrected chi connectivity index (χ2v) is 6.58. The summed E-state index contributed by atoms with van der Waals surface area (Å²) in [6, 6.07) is 19.8. The van der Waals surface area contributed by atoms with Gasteiger partial charge in [-0.15, -0.1) is 0 Å². The molecule has 5 nitrogen and oxygen atoms in total. The molecule has 0 unspecified atom stereocenters. The molecule has 4 rings (SSSR count). The summed E-state index contributed by atoms with van der Waals surface area (Å²) in [7, 11) is 0. The number of anilines is 1. The van der Waals surface area contributed by atoms with Gasteiger partial charge in [0.25, 0.3) is 0 Å². The monoisotopic (exact) mass is 356 g/mol. The van der Waals surface area contributed by atoms with Crippen molar-refractivity contribution in [2.24, 2.45) is 0 Å². The van der Waals surface area contributed by atoms with Gasteiger partial charge in [-0.05, 0) is 43.2 Å². The van der Waals surface area contributed by atoms with Crippen molar-refractivity contribution in [3.05, 3.63) is 78.1 Å². The first-order valence-electron chi connectivity index (χ1n) is 8.86. The molecule has 1 amide bonds. The Morgan fingerprint density at radius 2 is 1.85 bits per heavy atom. The highest BCUT2D eigenvalue weighted by Gasteiger charge is 2.16. The largest absolute Gasteiger partial charge is 0.324 e. The number of nitrogens with one attached hydrogen (secondary N) is 1. The van der Waals surface area contributed by atoms with Gasteiger partial charge in [0.15, 0.2) is 5.65 Å². The number of rotatable bonds is 4. The minimum Gasteiger partial charge on any atom is -0.324 e. The molecule has 0 aliphatic carbocycles. The first-order valence-corrected chi connectivity index (χ1v) is 8.86. The van der Waals surface area contributed by atoms with E-state index in [1.807, 2.05) is 49.4 Å². The van der Waals surface area contributed by atoms with Crippen molar-refractivity contribution in [3.63, 3.8) is 0 Å². The fraction of sp³-hybridized carbons (Fsp3) is 0.136. The fourth-order valence-corrected chi connectivity index (χ4v) is 3.30. The topological polar surface area (TPSA) is 59.8 Å². The number of hydrogen-bond donors (Lipinski definition) is 1. The molecule has 2 aromatic carbocycles. The van der Waals surface area contributed by atoms with Crippen LogP contribution in [0, 0.1) is 13.8 Å². The number of amides is 1. The molecule has 0 atom stereocenters. The van der Waals surface area contributed by atoms with E-state index in [4.69, 9.17) is 0 Å². The summed E-state index contributed by atoms with van der Waals surface area (Å²) in [6.45, 7) is 4.14. The van der Waals surface area contributed by atoms with Crippen LogP contribution in [0.1, 0.15) is 11.3 Å². The second kappa shape index (κ2) is 7.03. The molecule has 0 saturated heterocycles. The van der Waals surface area contributed by atoms with Crippen molar-refractivity contribution < 1.29 is 4.79 Å². The van der Waals surface area contributed by atoms with Gasteiger partial charge < -0.3 is 5.32 Å². The Morgan fingerprint density at radius 1 is 1.04 bits per heavy atom. The normalized spacial score (nSPS) is 10.9. The zero-order valence-electron chi connectivity index (χ0n) is 15.3. The average molecular weight is 356 g/mol. The van der Waals surface area contributed by atoms with E-state index >= 15 is 0 Å². The highest BCUT2D eigenvalue weighted by molar-refractivity contribution is 5.96. The van der Waals surface area contributed by atoms with Crippen LogP contribution in [0.3, 0.4) is 0 Å². The maximum atomic E-state index is 12.4. The molecule has 27 heavy (non-hydrogen) atoms. The number of aryl methyl sites for hydroxylation is 2. The number of fused-ring (bicyclic) bond motifs is 1. The van der Waals surface area contributed by atoms with Gasteiger partial charge >= 0.3 is 0 Å². The number of carbonyl (C=O) groups excluding carboxylic acids is 1. The molecule has 0 aliphatic heterocycles. The summed E-state index contributed by atoms with van der Waals surface area (Å²) in [6.07, 6.45) is 1.77. The van der Waals surface area contributed by atoms with Crippen LogP contribution in [0.25, 0.3) is 22.2 Å². The Balaban J connectivity index is 1.69. The van der Waals surface area contributed by atoms with Crippen LogP contribution in [0.4, 0.5) is 5.69 Å². The molecule has 0 fully saturated rings. The summed E-state index contributed by atoms with van der Waals surface area (Å²) in [5.41, 5.74) is 5.75. The highest BCUT2D eigenvalue weighted by Crippen LogP contribution is 2.30. The summed E-state index contributed by atoms with van der Waals surface area (Å²) < 4.78 is 1.67. The molecule has 0 spiro atoms. The molecule has 5 heteroatoms. The second-order valence-electron chi connectivity index (χ2n) is 6.58. The molecule has 2 aromatic heterocycles. The third-order valence-electron chi connectivity index (χ3n) is 4.49. The highest BCUT2D eigenvalue weighted by atomic mass is 16.2. The van der Waals surface area contributed by atoms with Crippen LogP contribution in [-0.4, -0.2) is 20.7 Å². The first-order chi connectivity index (χ1) is 13.1. The van der Waals surface area contributed by atoms with E-state index in [0.29, 0.717) is 0 Å². The maximum absolute atomic E-state index is 12.4. The van der Waals surface area contributed by atoms with Crippen molar-refractivity contribution in [3.8, 4) is 11.1 Å². The minimum atomic E-state index is -0.131. The van der Waals surface area contributed by atoms with Gasteiger partial charge in [-0.1, -0.05) is 48.0 Å². The maximum Gasteiger partial charge on any atom is 0.246 e. The predicted molar refractivity (Wildman–Crippen MR) is 108 cm³/mol. The van der Waals surface area contributed by atoms with Crippen LogP contribution in [0.15, 0.2) is 66.9 Å². The third kappa shape index (κ3) is 3.44. The molecule has 134 valence electrons. The Hall–Kier alpha value is -3.47. The van der Waals surface area contributed by atoms with Crippen molar-refractivity contribution in [2.45, 2.75) is 20.4 Å². The lowest BCUT2D eigenvalue weighted by molar-refractivity contribution is -0.116. The molecular weight excluding hydrogens is 336 g/mol. The van der Waals surface area contributed by atoms with Crippen LogP contribution in [-0.2, 0) is 11.3 Å². The molecule has 0 bridgehead atoms. The van der Waals surface area contributed by atoms with Gasteiger partial charge in [0.1, 0.15) is 6.54 Å². The number of aromatic nitrogens is 3. The van der Waals surface area contributed by atoms with Gasteiger partial charge in [0.2, 0.25) is 5.91 Å². The zero-order valence-corrected chi connectivity index (χ0v) is 15.3. The number of benzene rings is 2. The number of nitrogens with zero attached hydrogens (tertiary/aromatic N) is 3. The molecule has 1 N–H and O–H groups in total. The third-order valence-corrected chi connectivity index (χ3v) is 4.49. The molecule has 0 radical (unpaired) electrons. The Morgan fingerprint density at radius 3 is 2.63 bits per heavy atom. The Bertz CT molecular complexity index is 1120. The summed E-state index contributed by atoms with van der Waals surface area (Å²) in [5, 5.41) is 8.45. The SMILES string of the molecule is Cc1cccc(-c2ccnc3c2c(C)nn3CC(=O)Nc2ccccc2)c1. The van der Waals surface area contributed by atoms with Gasteiger partial charge in [-0.25, -0.2) is 9.67 Å². The van der Waals surface area contributed by atoms with Crippen molar-refractivity contribution in [2.75, 3.05) is 5.32 Å². The van der Waals surface area contributed by atoms with E-state index in [0.717, 1.165) is 33.5 Å². The lowest BCUT2D eigenvalue weighted by Gasteiger charge is -2.07. The van der Waals surface area contributed by atoms with E-state index in [1.165, 1.54) is 5.56 Å². The van der Waals surface area contributed by atoms with Crippen LogP contribution in [0.2, 0.25) is 0 Å². The number of carbonyl (C=O) groups is 1. The fourth-order valence-electron chi connectivity index (χ4n) is 3.30. The van der Waals surface area contributed by atoms with E-state index in [9.17, 15) is 4.79 Å². The smallest absolute Gasteiger partial charge is 0.246 e. The number of para-hydroxylation sites is 1. The van der Waals surface area contributed by atoms with E-state index < -0.39 is 0 Å². The predicted octanol–water partition coefficient (Wildman–Crippen LogP) is 4.35. The lowest BCUT2D eigenvalue weighted by atomic mass is 10.0. The number of hydrogen-bond acceptors (Lipinski definition) is 3. The Kier molecular flexibility index (Phi) is 4.42.